The summed E-state index contributed by atoms with van der Waals surface area (Å²) >= 11 is 0. The smallest absolute Gasteiger partial charge is 0.252 e. The Bertz CT molecular complexity index is 966. The van der Waals surface area contributed by atoms with E-state index in [9.17, 15) is 4.79 Å². The fourth-order valence-electron chi connectivity index (χ4n) is 4.03. The summed E-state index contributed by atoms with van der Waals surface area (Å²) in [5.74, 6) is 1.93. The molecule has 1 amide bonds. The molecule has 2 aromatic heterocycles. The summed E-state index contributed by atoms with van der Waals surface area (Å²) in [7, 11) is 0. The van der Waals surface area contributed by atoms with Crippen LogP contribution in [-0.4, -0.2) is 55.8 Å². The highest BCUT2D eigenvalue weighted by Crippen LogP contribution is 2.31. The van der Waals surface area contributed by atoms with Crippen LogP contribution in [0.15, 0.2) is 41.1 Å². The average molecular weight is 394 g/mol. The third kappa shape index (κ3) is 3.53. The Morgan fingerprint density at radius 1 is 1.17 bits per heavy atom. The first kappa shape index (κ1) is 18.0. The van der Waals surface area contributed by atoms with E-state index < -0.39 is 6.04 Å². The monoisotopic (exact) mass is 394 g/mol. The molecule has 1 aromatic carbocycles. The molecule has 4 heterocycles. The van der Waals surface area contributed by atoms with Crippen molar-refractivity contribution in [2.45, 2.75) is 37.8 Å². The van der Waals surface area contributed by atoms with E-state index in [0.717, 1.165) is 49.0 Å². The van der Waals surface area contributed by atoms with Crippen molar-refractivity contribution in [2.24, 2.45) is 0 Å². The summed E-state index contributed by atoms with van der Waals surface area (Å²) in [4.78, 5) is 20.0. The zero-order valence-corrected chi connectivity index (χ0v) is 16.0. The molecule has 2 aliphatic rings. The van der Waals surface area contributed by atoms with Crippen LogP contribution in [0.25, 0.3) is 0 Å². The lowest BCUT2D eigenvalue weighted by atomic mass is 10.0. The molecule has 9 nitrogen and oxygen atoms in total. The Hall–Kier alpha value is -3.07. The Labute approximate surface area is 167 Å². The summed E-state index contributed by atoms with van der Waals surface area (Å²) in [6, 6.07) is 8.97. The molecule has 1 saturated heterocycles. The second-order valence-electron chi connectivity index (χ2n) is 7.42. The van der Waals surface area contributed by atoms with Crippen molar-refractivity contribution in [3.8, 4) is 0 Å². The average Bonchev–Trinajstić information content (AvgIpc) is 3.45. The lowest BCUT2D eigenvalue weighted by Crippen LogP contribution is -2.41. The van der Waals surface area contributed by atoms with Crippen LogP contribution in [0.4, 0.5) is 0 Å². The van der Waals surface area contributed by atoms with E-state index in [1.54, 1.807) is 0 Å². The minimum Gasteiger partial charge on any atom is -0.445 e. The van der Waals surface area contributed by atoms with E-state index in [1.165, 1.54) is 11.0 Å². The van der Waals surface area contributed by atoms with E-state index in [0.29, 0.717) is 25.4 Å². The number of hydrogen-bond donors (Lipinski definition) is 0. The number of benzene rings is 1. The maximum absolute atomic E-state index is 13.5. The van der Waals surface area contributed by atoms with Gasteiger partial charge in [-0.2, -0.15) is 0 Å². The summed E-state index contributed by atoms with van der Waals surface area (Å²) in [6.45, 7) is 2.51. The van der Waals surface area contributed by atoms with Crippen molar-refractivity contribution < 1.29 is 13.9 Å². The van der Waals surface area contributed by atoms with Crippen LogP contribution in [0.3, 0.4) is 0 Å². The number of amides is 1. The van der Waals surface area contributed by atoms with E-state index >= 15 is 0 Å². The van der Waals surface area contributed by atoms with E-state index in [1.807, 2.05) is 35.2 Å². The zero-order chi connectivity index (χ0) is 19.6. The van der Waals surface area contributed by atoms with E-state index in [4.69, 9.17) is 14.1 Å². The van der Waals surface area contributed by atoms with Gasteiger partial charge >= 0.3 is 0 Å². The van der Waals surface area contributed by atoms with Gasteiger partial charge in [-0.25, -0.2) is 9.67 Å². The SMILES string of the molecule is O=C(C(c1ccccc1)n1cnnn1)N1CCc2oc(C3CCOCC3)nc2C1. The van der Waals surface area contributed by atoms with Crippen molar-refractivity contribution in [1.82, 2.24) is 30.1 Å². The summed E-state index contributed by atoms with van der Waals surface area (Å²) in [5.41, 5.74) is 1.70. The predicted octanol–water partition coefficient (Wildman–Crippen LogP) is 1.73. The van der Waals surface area contributed by atoms with Crippen molar-refractivity contribution in [2.75, 3.05) is 19.8 Å². The van der Waals surface area contributed by atoms with Crippen molar-refractivity contribution in [3.63, 3.8) is 0 Å². The van der Waals surface area contributed by atoms with Gasteiger partial charge < -0.3 is 14.1 Å². The Kier molecular flexibility index (Phi) is 4.81. The molecule has 1 unspecified atom stereocenters. The van der Waals surface area contributed by atoms with Crippen molar-refractivity contribution in [3.05, 3.63) is 59.6 Å². The lowest BCUT2D eigenvalue weighted by molar-refractivity contribution is -0.135. The maximum Gasteiger partial charge on any atom is 0.252 e. The van der Waals surface area contributed by atoms with Crippen LogP contribution in [0.1, 0.15) is 47.7 Å². The summed E-state index contributed by atoms with van der Waals surface area (Å²) in [5, 5.41) is 11.4. The number of carbonyl (C=O) groups excluding carboxylic acids is 1. The standard InChI is InChI=1S/C20H22N6O3/c27-20(18(26-13-21-23-24-26)14-4-2-1-3-5-14)25-9-6-17-16(12-25)22-19(29-17)15-7-10-28-11-8-15/h1-5,13,15,18H,6-12H2. The maximum atomic E-state index is 13.5. The topological polar surface area (TPSA) is 99.2 Å². The first-order valence-electron chi connectivity index (χ1n) is 9.92. The molecular formula is C20H22N6O3. The van der Waals surface area contributed by atoms with Crippen LogP contribution in [-0.2, 0) is 22.5 Å². The fraction of sp³-hybridized carbons (Fsp3) is 0.450. The van der Waals surface area contributed by atoms with Crippen LogP contribution >= 0.6 is 0 Å². The Morgan fingerprint density at radius 2 is 2.00 bits per heavy atom. The van der Waals surface area contributed by atoms with Gasteiger partial charge in [-0.05, 0) is 28.8 Å². The van der Waals surface area contributed by atoms with Gasteiger partial charge in [0.25, 0.3) is 5.91 Å². The van der Waals surface area contributed by atoms with Gasteiger partial charge in [0.1, 0.15) is 17.8 Å². The van der Waals surface area contributed by atoms with Gasteiger partial charge in [-0.3, -0.25) is 4.79 Å². The number of oxazole rings is 1. The molecule has 0 spiro atoms. The molecule has 150 valence electrons. The largest absolute Gasteiger partial charge is 0.445 e. The molecular weight excluding hydrogens is 372 g/mol. The third-order valence-electron chi connectivity index (χ3n) is 5.61. The van der Waals surface area contributed by atoms with Crippen LogP contribution in [0.2, 0.25) is 0 Å². The molecule has 1 fully saturated rings. The normalized spacial score (nSPS) is 18.4. The molecule has 5 rings (SSSR count). The van der Waals surface area contributed by atoms with Crippen LogP contribution < -0.4 is 0 Å². The number of nitrogens with zero attached hydrogens (tertiary/aromatic N) is 6. The quantitative estimate of drug-likeness (QED) is 0.664. The highest BCUT2D eigenvalue weighted by Gasteiger charge is 2.33. The molecule has 0 aliphatic carbocycles. The highest BCUT2D eigenvalue weighted by atomic mass is 16.5. The molecule has 29 heavy (non-hydrogen) atoms. The van der Waals surface area contributed by atoms with E-state index in [-0.39, 0.29) is 5.91 Å². The first-order chi connectivity index (χ1) is 14.3. The van der Waals surface area contributed by atoms with Gasteiger partial charge in [0, 0.05) is 32.1 Å². The molecule has 0 N–H and O–H groups in total. The fourth-order valence-corrected chi connectivity index (χ4v) is 4.03. The number of ether oxygens (including phenoxy) is 1. The number of rotatable bonds is 4. The van der Waals surface area contributed by atoms with Gasteiger partial charge in [0.15, 0.2) is 11.9 Å². The summed E-state index contributed by atoms with van der Waals surface area (Å²) < 4.78 is 13.0. The first-order valence-corrected chi connectivity index (χ1v) is 9.92. The zero-order valence-electron chi connectivity index (χ0n) is 16.0. The molecule has 0 saturated carbocycles. The second-order valence-corrected chi connectivity index (χ2v) is 7.42. The number of hydrogen-bond acceptors (Lipinski definition) is 7. The second kappa shape index (κ2) is 7.75. The Morgan fingerprint density at radius 3 is 2.76 bits per heavy atom. The third-order valence-corrected chi connectivity index (χ3v) is 5.61. The van der Waals surface area contributed by atoms with Gasteiger partial charge in [-0.15, -0.1) is 5.10 Å². The predicted molar refractivity (Wildman–Crippen MR) is 101 cm³/mol. The molecule has 0 radical (unpaired) electrons. The molecule has 3 aromatic rings. The number of tetrazole rings is 1. The summed E-state index contributed by atoms with van der Waals surface area (Å²) in [6.07, 6.45) is 3.99. The Balaban J connectivity index is 1.38. The molecule has 1 atom stereocenters. The number of aromatic nitrogens is 5. The minimum atomic E-state index is -0.602. The van der Waals surface area contributed by atoms with Crippen molar-refractivity contribution >= 4 is 5.91 Å². The number of carbonyl (C=O) groups is 1. The molecule has 9 heteroatoms. The van der Waals surface area contributed by atoms with Crippen LogP contribution in [0, 0.1) is 0 Å². The molecule has 0 bridgehead atoms. The van der Waals surface area contributed by atoms with Crippen molar-refractivity contribution in [1.29, 1.82) is 0 Å². The minimum absolute atomic E-state index is 0.0511. The highest BCUT2D eigenvalue weighted by molar-refractivity contribution is 5.83. The van der Waals surface area contributed by atoms with E-state index in [2.05, 4.69) is 15.5 Å². The van der Waals surface area contributed by atoms with Gasteiger partial charge in [0.2, 0.25) is 0 Å². The lowest BCUT2D eigenvalue weighted by Gasteiger charge is -2.29. The van der Waals surface area contributed by atoms with Gasteiger partial charge in [-0.1, -0.05) is 30.3 Å². The van der Waals surface area contributed by atoms with Gasteiger partial charge in [0.05, 0.1) is 6.54 Å². The number of fused-ring (bicyclic) bond motifs is 1. The molecule has 2 aliphatic heterocycles. The van der Waals surface area contributed by atoms with Crippen LogP contribution in [0.5, 0.6) is 0 Å².